The van der Waals surface area contributed by atoms with Crippen molar-refractivity contribution in [1.82, 2.24) is 20.6 Å². The molecule has 1 amide bonds. The summed E-state index contributed by atoms with van der Waals surface area (Å²) in [5, 5.41) is 6.60. The Labute approximate surface area is 209 Å². The van der Waals surface area contributed by atoms with E-state index < -0.39 is 0 Å². The molecular formula is C21H33Cl4N5O. The standard InChI is InChI=1S/C21H29N5O.4ClH/c22-12-3-1-10-19(21(27)25-15-17-9-2-4-13-23-17)26-18-11-5-7-16-8-6-14-24-20(16)18;;;;/h2,4,6,8-9,13-14,18-19,26H,1,3,5,7,10-12,15,22H2,(H,25,27);4*1H/t18?,19-;;;;/m0..../s1. The summed E-state index contributed by atoms with van der Waals surface area (Å²) in [6.07, 6.45) is 9.37. The second-order valence-electron chi connectivity index (χ2n) is 7.04. The smallest absolute Gasteiger partial charge is 0.237 e. The average Bonchev–Trinajstić information content (AvgIpc) is 2.72. The normalized spacial score (nSPS) is 14.9. The summed E-state index contributed by atoms with van der Waals surface area (Å²) in [6.45, 7) is 1.09. The van der Waals surface area contributed by atoms with Crippen molar-refractivity contribution in [2.45, 2.75) is 57.2 Å². The Hall–Kier alpha value is -1.15. The van der Waals surface area contributed by atoms with E-state index in [2.05, 4.69) is 26.7 Å². The lowest BCUT2D eigenvalue weighted by atomic mass is 9.91. The number of carbonyl (C=O) groups excluding carboxylic acids is 1. The molecule has 1 unspecified atom stereocenters. The molecule has 2 heterocycles. The first-order valence-electron chi connectivity index (χ1n) is 9.85. The molecule has 176 valence electrons. The van der Waals surface area contributed by atoms with Gasteiger partial charge in [0.15, 0.2) is 0 Å². The van der Waals surface area contributed by atoms with Gasteiger partial charge in [-0.3, -0.25) is 20.1 Å². The number of amides is 1. The van der Waals surface area contributed by atoms with E-state index >= 15 is 0 Å². The topological polar surface area (TPSA) is 92.9 Å². The number of hydrogen-bond acceptors (Lipinski definition) is 5. The molecule has 3 rings (SSSR count). The summed E-state index contributed by atoms with van der Waals surface area (Å²) in [5.41, 5.74) is 8.87. The third-order valence-corrected chi connectivity index (χ3v) is 5.03. The number of carbonyl (C=O) groups is 1. The number of nitrogens with one attached hydrogen (secondary N) is 2. The fraction of sp³-hybridized carbons (Fsp3) is 0.476. The van der Waals surface area contributed by atoms with Gasteiger partial charge in [-0.05, 0) is 62.4 Å². The van der Waals surface area contributed by atoms with Crippen molar-refractivity contribution in [3.63, 3.8) is 0 Å². The van der Waals surface area contributed by atoms with Gasteiger partial charge in [0, 0.05) is 12.4 Å². The molecule has 0 bridgehead atoms. The quantitative estimate of drug-likeness (QED) is 0.442. The van der Waals surface area contributed by atoms with E-state index in [4.69, 9.17) is 5.73 Å². The van der Waals surface area contributed by atoms with E-state index in [0.717, 1.165) is 49.9 Å². The third-order valence-electron chi connectivity index (χ3n) is 5.03. The summed E-state index contributed by atoms with van der Waals surface area (Å²) in [7, 11) is 0. The molecule has 6 nitrogen and oxygen atoms in total. The summed E-state index contributed by atoms with van der Waals surface area (Å²) in [4.78, 5) is 21.7. The van der Waals surface area contributed by atoms with Crippen LogP contribution in [-0.2, 0) is 17.8 Å². The van der Waals surface area contributed by atoms with Crippen LogP contribution in [0.3, 0.4) is 0 Å². The van der Waals surface area contributed by atoms with Crippen LogP contribution in [0.2, 0.25) is 0 Å². The third kappa shape index (κ3) is 9.89. The molecule has 2 aromatic heterocycles. The molecular weight excluding hydrogens is 480 g/mol. The second kappa shape index (κ2) is 17.4. The number of aryl methyl sites for hydroxylation is 1. The minimum absolute atomic E-state index is 0. The van der Waals surface area contributed by atoms with Crippen molar-refractivity contribution in [2.24, 2.45) is 5.73 Å². The Bertz CT molecular complexity index is 739. The van der Waals surface area contributed by atoms with Crippen molar-refractivity contribution < 1.29 is 4.79 Å². The van der Waals surface area contributed by atoms with Gasteiger partial charge in [0.25, 0.3) is 0 Å². The number of nitrogens with zero attached hydrogens (tertiary/aromatic N) is 2. The molecule has 0 saturated heterocycles. The van der Waals surface area contributed by atoms with E-state index in [-0.39, 0.29) is 67.6 Å². The summed E-state index contributed by atoms with van der Waals surface area (Å²) < 4.78 is 0. The van der Waals surface area contributed by atoms with E-state index in [0.29, 0.717) is 13.1 Å². The molecule has 1 aliphatic carbocycles. The highest BCUT2D eigenvalue weighted by Gasteiger charge is 2.27. The van der Waals surface area contributed by atoms with E-state index in [1.54, 1.807) is 6.20 Å². The second-order valence-corrected chi connectivity index (χ2v) is 7.04. The minimum Gasteiger partial charge on any atom is -0.349 e. The van der Waals surface area contributed by atoms with E-state index in [9.17, 15) is 4.79 Å². The maximum atomic E-state index is 12.8. The largest absolute Gasteiger partial charge is 0.349 e. The Kier molecular flexibility index (Phi) is 18.0. The van der Waals surface area contributed by atoms with Crippen LogP contribution in [0.15, 0.2) is 42.7 Å². The van der Waals surface area contributed by atoms with Crippen LogP contribution in [0.25, 0.3) is 0 Å². The van der Waals surface area contributed by atoms with Crippen LogP contribution in [0.5, 0.6) is 0 Å². The zero-order chi connectivity index (χ0) is 18.9. The van der Waals surface area contributed by atoms with Crippen molar-refractivity contribution in [1.29, 1.82) is 0 Å². The average molecular weight is 513 g/mol. The Morgan fingerprint density at radius 1 is 1.06 bits per heavy atom. The fourth-order valence-corrected chi connectivity index (χ4v) is 3.60. The maximum absolute atomic E-state index is 12.8. The van der Waals surface area contributed by atoms with Gasteiger partial charge >= 0.3 is 0 Å². The number of nitrogens with two attached hydrogens (primary N) is 1. The number of unbranched alkanes of at least 4 members (excludes halogenated alkanes) is 1. The Morgan fingerprint density at radius 3 is 2.55 bits per heavy atom. The summed E-state index contributed by atoms with van der Waals surface area (Å²) >= 11 is 0. The highest BCUT2D eigenvalue weighted by Crippen LogP contribution is 2.28. The molecule has 2 atom stereocenters. The number of pyridine rings is 2. The molecule has 0 spiro atoms. The first kappa shape index (κ1) is 32.0. The van der Waals surface area contributed by atoms with Crippen molar-refractivity contribution in [2.75, 3.05) is 6.54 Å². The van der Waals surface area contributed by atoms with Gasteiger partial charge in [-0.15, -0.1) is 49.6 Å². The molecule has 0 radical (unpaired) electrons. The molecule has 10 heteroatoms. The SMILES string of the molecule is Cl.Cl.Cl.Cl.NCCCC[C@H](NC1CCCc2cccnc21)C(=O)NCc1ccccn1. The molecule has 4 N–H and O–H groups in total. The van der Waals surface area contributed by atoms with Crippen LogP contribution < -0.4 is 16.4 Å². The van der Waals surface area contributed by atoms with E-state index in [1.807, 2.05) is 30.5 Å². The van der Waals surface area contributed by atoms with Gasteiger partial charge in [0.1, 0.15) is 0 Å². The molecule has 2 aromatic rings. The van der Waals surface area contributed by atoms with Crippen LogP contribution in [0.1, 0.15) is 55.1 Å². The number of hydrogen-bond donors (Lipinski definition) is 3. The lowest BCUT2D eigenvalue weighted by molar-refractivity contribution is -0.123. The van der Waals surface area contributed by atoms with Gasteiger partial charge in [0.05, 0.1) is 30.0 Å². The first-order valence-corrected chi connectivity index (χ1v) is 9.85. The molecule has 0 saturated carbocycles. The zero-order valence-corrected chi connectivity index (χ0v) is 20.6. The Morgan fingerprint density at radius 2 is 1.84 bits per heavy atom. The minimum atomic E-state index is -0.252. The van der Waals surface area contributed by atoms with Gasteiger partial charge in [-0.25, -0.2) is 0 Å². The predicted octanol–water partition coefficient (Wildman–Crippen LogP) is 3.94. The fourth-order valence-electron chi connectivity index (χ4n) is 3.60. The zero-order valence-electron chi connectivity index (χ0n) is 17.4. The number of fused-ring (bicyclic) bond motifs is 1. The van der Waals surface area contributed by atoms with Crippen LogP contribution in [0.4, 0.5) is 0 Å². The molecule has 1 aliphatic rings. The van der Waals surface area contributed by atoms with Crippen LogP contribution >= 0.6 is 49.6 Å². The number of aromatic nitrogens is 2. The van der Waals surface area contributed by atoms with Crippen LogP contribution in [-0.4, -0.2) is 28.5 Å². The summed E-state index contributed by atoms with van der Waals surface area (Å²) in [5.74, 6) is 0.0146. The van der Waals surface area contributed by atoms with Crippen molar-refractivity contribution in [3.8, 4) is 0 Å². The number of rotatable bonds is 9. The van der Waals surface area contributed by atoms with Gasteiger partial charge in [0.2, 0.25) is 5.91 Å². The predicted molar refractivity (Wildman–Crippen MR) is 135 cm³/mol. The van der Waals surface area contributed by atoms with Crippen molar-refractivity contribution in [3.05, 3.63) is 59.7 Å². The molecule has 31 heavy (non-hydrogen) atoms. The van der Waals surface area contributed by atoms with Crippen molar-refractivity contribution >= 4 is 55.5 Å². The number of halogens is 4. The molecule has 0 aliphatic heterocycles. The highest BCUT2D eigenvalue weighted by atomic mass is 35.5. The maximum Gasteiger partial charge on any atom is 0.237 e. The monoisotopic (exact) mass is 511 g/mol. The van der Waals surface area contributed by atoms with Gasteiger partial charge < -0.3 is 11.1 Å². The molecule has 0 fully saturated rings. The van der Waals surface area contributed by atoms with Gasteiger partial charge in [-0.2, -0.15) is 0 Å². The van der Waals surface area contributed by atoms with Gasteiger partial charge in [-0.1, -0.05) is 18.6 Å². The van der Waals surface area contributed by atoms with Crippen LogP contribution in [0, 0.1) is 0 Å². The summed E-state index contributed by atoms with van der Waals surface area (Å²) in [6, 6.07) is 9.71. The Balaban J connectivity index is 0. The lowest BCUT2D eigenvalue weighted by Crippen LogP contribution is -2.46. The first-order chi connectivity index (χ1) is 13.3. The lowest BCUT2D eigenvalue weighted by Gasteiger charge is -2.29. The van der Waals surface area contributed by atoms with E-state index in [1.165, 1.54) is 5.56 Å². The highest BCUT2D eigenvalue weighted by molar-refractivity contribution is 5.86. The molecule has 0 aromatic carbocycles.